The van der Waals surface area contributed by atoms with Gasteiger partial charge in [0.2, 0.25) is 0 Å². The number of hydrogen-bond acceptors (Lipinski definition) is 4. The van der Waals surface area contributed by atoms with Gasteiger partial charge in [-0.25, -0.2) is 21.2 Å². The fourth-order valence-electron chi connectivity index (χ4n) is 2.72. The molecule has 0 unspecified atom stereocenters. The molecule has 0 radical (unpaired) electrons. The Balaban J connectivity index is 1.94. The van der Waals surface area contributed by atoms with Crippen LogP contribution in [0.4, 0.5) is 15.8 Å². The minimum atomic E-state index is -4.06. The average Bonchev–Trinajstić information content (AvgIpc) is 2.64. The third-order valence-electron chi connectivity index (χ3n) is 4.29. The van der Waals surface area contributed by atoms with E-state index in [0.717, 1.165) is 18.2 Å². The molecule has 0 aromatic heterocycles. The summed E-state index contributed by atoms with van der Waals surface area (Å²) in [4.78, 5) is -0.229. The maximum atomic E-state index is 13.3. The highest BCUT2D eigenvalue weighted by atomic mass is 35.5. The molecule has 0 spiro atoms. The van der Waals surface area contributed by atoms with E-state index in [1.807, 2.05) is 0 Å². The number of nitrogens with one attached hydrogen (secondary N) is 2. The van der Waals surface area contributed by atoms with Crippen LogP contribution in [0.15, 0.2) is 70.5 Å². The first-order valence-corrected chi connectivity index (χ1v) is 12.0. The van der Waals surface area contributed by atoms with Crippen LogP contribution in [0, 0.1) is 19.7 Å². The van der Waals surface area contributed by atoms with E-state index in [1.165, 1.54) is 37.3 Å². The van der Waals surface area contributed by atoms with Crippen molar-refractivity contribution in [3.63, 3.8) is 0 Å². The van der Waals surface area contributed by atoms with Crippen molar-refractivity contribution in [1.29, 1.82) is 0 Å². The Kier molecular flexibility index (Phi) is 6.07. The van der Waals surface area contributed by atoms with Crippen LogP contribution in [0.1, 0.15) is 11.1 Å². The first-order chi connectivity index (χ1) is 14.0. The second-order valence-electron chi connectivity index (χ2n) is 6.60. The Hall–Kier alpha value is -2.62. The van der Waals surface area contributed by atoms with Gasteiger partial charge in [0, 0.05) is 10.7 Å². The summed E-state index contributed by atoms with van der Waals surface area (Å²) in [5.41, 5.74) is 1.15. The first kappa shape index (κ1) is 22.1. The standard InChI is InChI=1S/C20H18ClFN2O4S2/c1-13-3-9-18(29(25,26)23-17-7-4-15(21)5-8-17)12-19(13)24-30(27,28)20-10-6-16(22)11-14(20)2/h3-12,23-24H,1-2H3. The molecule has 30 heavy (non-hydrogen) atoms. The molecule has 2 N–H and O–H groups in total. The predicted molar refractivity (Wildman–Crippen MR) is 115 cm³/mol. The molecule has 0 aliphatic heterocycles. The summed E-state index contributed by atoms with van der Waals surface area (Å²) in [5, 5.41) is 0.459. The van der Waals surface area contributed by atoms with Gasteiger partial charge in [0.05, 0.1) is 15.5 Å². The smallest absolute Gasteiger partial charge is 0.262 e. The number of sulfonamides is 2. The summed E-state index contributed by atoms with van der Waals surface area (Å²) in [5.74, 6) is -0.552. The molecule has 158 valence electrons. The number of hydrogen-bond donors (Lipinski definition) is 2. The van der Waals surface area contributed by atoms with Crippen molar-refractivity contribution in [3.8, 4) is 0 Å². The molecular formula is C20H18ClFN2O4S2. The van der Waals surface area contributed by atoms with Crippen molar-refractivity contribution >= 4 is 43.0 Å². The Morgan fingerprint density at radius 2 is 1.43 bits per heavy atom. The summed E-state index contributed by atoms with van der Waals surface area (Å²) in [6.07, 6.45) is 0. The van der Waals surface area contributed by atoms with Gasteiger partial charge in [0.25, 0.3) is 20.0 Å². The molecule has 0 atom stereocenters. The molecule has 3 aromatic carbocycles. The number of halogens is 2. The SMILES string of the molecule is Cc1ccc(S(=O)(=O)Nc2ccc(Cl)cc2)cc1NS(=O)(=O)c1ccc(F)cc1C. The van der Waals surface area contributed by atoms with Crippen molar-refractivity contribution in [1.82, 2.24) is 0 Å². The monoisotopic (exact) mass is 468 g/mol. The Morgan fingerprint density at radius 3 is 2.07 bits per heavy atom. The van der Waals surface area contributed by atoms with E-state index in [0.29, 0.717) is 16.3 Å². The maximum absolute atomic E-state index is 13.3. The molecule has 0 amide bonds. The molecule has 3 aromatic rings. The van der Waals surface area contributed by atoms with Crippen LogP contribution >= 0.6 is 11.6 Å². The van der Waals surface area contributed by atoms with E-state index in [9.17, 15) is 21.2 Å². The first-order valence-electron chi connectivity index (χ1n) is 8.66. The van der Waals surface area contributed by atoms with E-state index < -0.39 is 25.9 Å². The second-order valence-corrected chi connectivity index (χ2v) is 10.4. The number of rotatable bonds is 6. The largest absolute Gasteiger partial charge is 0.280 e. The molecule has 10 heteroatoms. The third-order valence-corrected chi connectivity index (χ3v) is 7.44. The van der Waals surface area contributed by atoms with Gasteiger partial charge in [-0.2, -0.15) is 0 Å². The van der Waals surface area contributed by atoms with Gasteiger partial charge in [0.15, 0.2) is 0 Å². The second kappa shape index (κ2) is 8.25. The van der Waals surface area contributed by atoms with Gasteiger partial charge in [0.1, 0.15) is 5.82 Å². The van der Waals surface area contributed by atoms with Crippen molar-refractivity contribution in [2.45, 2.75) is 23.6 Å². The molecule has 3 rings (SSSR count). The van der Waals surface area contributed by atoms with Crippen LogP contribution in [0.2, 0.25) is 5.02 Å². The van der Waals surface area contributed by atoms with Crippen LogP contribution in [0.3, 0.4) is 0 Å². The molecule has 0 bridgehead atoms. The Bertz CT molecular complexity index is 1310. The quantitative estimate of drug-likeness (QED) is 0.548. The van der Waals surface area contributed by atoms with Crippen molar-refractivity contribution in [2.75, 3.05) is 9.44 Å². The van der Waals surface area contributed by atoms with Gasteiger partial charge < -0.3 is 0 Å². The number of anilines is 2. The third kappa shape index (κ3) is 4.92. The lowest BCUT2D eigenvalue weighted by Crippen LogP contribution is -2.17. The lowest BCUT2D eigenvalue weighted by molar-refractivity contribution is 0.597. The number of aryl methyl sites for hydroxylation is 2. The zero-order chi connectivity index (χ0) is 22.1. The summed E-state index contributed by atoms with van der Waals surface area (Å²) in [6, 6.07) is 13.5. The maximum Gasteiger partial charge on any atom is 0.262 e. The van der Waals surface area contributed by atoms with E-state index in [-0.39, 0.29) is 21.0 Å². The van der Waals surface area contributed by atoms with Crippen molar-refractivity contribution in [3.05, 3.63) is 82.6 Å². The highest BCUT2D eigenvalue weighted by Crippen LogP contribution is 2.26. The molecule has 0 saturated carbocycles. The van der Waals surface area contributed by atoms with Gasteiger partial charge in [-0.15, -0.1) is 0 Å². The molecule has 0 aliphatic rings. The molecule has 0 saturated heterocycles. The van der Waals surface area contributed by atoms with Gasteiger partial charge >= 0.3 is 0 Å². The zero-order valence-electron chi connectivity index (χ0n) is 16.0. The minimum absolute atomic E-state index is 0.0951. The fourth-order valence-corrected chi connectivity index (χ4v) is 5.28. The molecule has 0 fully saturated rings. The van der Waals surface area contributed by atoms with Crippen LogP contribution in [0.25, 0.3) is 0 Å². The van der Waals surface area contributed by atoms with E-state index in [1.54, 1.807) is 19.1 Å². The normalized spacial score (nSPS) is 11.9. The molecule has 6 nitrogen and oxygen atoms in total. The highest BCUT2D eigenvalue weighted by molar-refractivity contribution is 7.93. The van der Waals surface area contributed by atoms with Crippen LogP contribution in [0.5, 0.6) is 0 Å². The van der Waals surface area contributed by atoms with Crippen LogP contribution in [-0.4, -0.2) is 16.8 Å². The number of benzene rings is 3. The molecule has 0 heterocycles. The van der Waals surface area contributed by atoms with E-state index >= 15 is 0 Å². The molecule has 0 aliphatic carbocycles. The predicted octanol–water partition coefficient (Wildman–Crippen LogP) is 4.70. The zero-order valence-corrected chi connectivity index (χ0v) is 18.4. The minimum Gasteiger partial charge on any atom is -0.280 e. The van der Waals surface area contributed by atoms with Crippen LogP contribution in [-0.2, 0) is 20.0 Å². The molecular weight excluding hydrogens is 451 g/mol. The van der Waals surface area contributed by atoms with Gasteiger partial charge in [-0.3, -0.25) is 9.44 Å². The topological polar surface area (TPSA) is 92.3 Å². The van der Waals surface area contributed by atoms with Gasteiger partial charge in [-0.05, 0) is 79.6 Å². The summed E-state index contributed by atoms with van der Waals surface area (Å²) >= 11 is 5.81. The Labute approximate surface area is 179 Å². The van der Waals surface area contributed by atoms with Gasteiger partial charge in [-0.1, -0.05) is 17.7 Å². The Morgan fingerprint density at radius 1 is 0.767 bits per heavy atom. The fraction of sp³-hybridized carbons (Fsp3) is 0.100. The van der Waals surface area contributed by atoms with Crippen LogP contribution < -0.4 is 9.44 Å². The lowest BCUT2D eigenvalue weighted by Gasteiger charge is -2.14. The summed E-state index contributed by atoms with van der Waals surface area (Å²) in [6.45, 7) is 3.11. The average molecular weight is 469 g/mol. The summed E-state index contributed by atoms with van der Waals surface area (Å²) in [7, 11) is -8.03. The lowest BCUT2D eigenvalue weighted by atomic mass is 10.2. The van der Waals surface area contributed by atoms with Crippen molar-refractivity contribution < 1.29 is 21.2 Å². The summed E-state index contributed by atoms with van der Waals surface area (Å²) < 4.78 is 69.1. The van der Waals surface area contributed by atoms with E-state index in [2.05, 4.69) is 9.44 Å². The highest BCUT2D eigenvalue weighted by Gasteiger charge is 2.21. The van der Waals surface area contributed by atoms with E-state index in [4.69, 9.17) is 11.6 Å². The van der Waals surface area contributed by atoms with Crippen molar-refractivity contribution in [2.24, 2.45) is 0 Å².